The second-order valence-corrected chi connectivity index (χ2v) is 14.1. The molecule has 0 bridgehead atoms. The number of nitrogens with zero attached hydrogens (tertiary/aromatic N) is 1. The average Bonchev–Trinajstić information content (AvgIpc) is 2.61. The maximum Gasteiger partial charge on any atom is 0.331 e. The van der Waals surface area contributed by atoms with E-state index in [0.717, 1.165) is 4.90 Å². The van der Waals surface area contributed by atoms with E-state index >= 15 is 0 Å². The molecule has 0 amide bonds. The van der Waals surface area contributed by atoms with Crippen LogP contribution in [-0.4, -0.2) is 31.1 Å². The Balaban J connectivity index is 2.08. The zero-order chi connectivity index (χ0) is 20.9. The first-order valence-corrected chi connectivity index (χ1v) is 13.0. The molecule has 1 heterocycles. The van der Waals surface area contributed by atoms with Crippen LogP contribution in [0.5, 0.6) is 0 Å². The fourth-order valence-electron chi connectivity index (χ4n) is 2.23. The van der Waals surface area contributed by atoms with Crippen molar-refractivity contribution in [2.75, 3.05) is 13.2 Å². The fraction of sp³-hybridized carbons (Fsp3) is 0.500. The third kappa shape index (κ3) is 5.70. The van der Waals surface area contributed by atoms with Crippen molar-refractivity contribution >= 4 is 20.1 Å². The first kappa shape index (κ1) is 22.7. The summed E-state index contributed by atoms with van der Waals surface area (Å²) in [4.78, 5) is 27.7. The Morgan fingerprint density at radius 3 is 2.36 bits per heavy atom. The van der Waals surface area contributed by atoms with Gasteiger partial charge in [0.1, 0.15) is 6.73 Å². The van der Waals surface area contributed by atoms with Crippen molar-refractivity contribution in [1.82, 2.24) is 9.55 Å². The van der Waals surface area contributed by atoms with Crippen molar-refractivity contribution in [3.63, 3.8) is 0 Å². The molecule has 6 nitrogen and oxygen atoms in total. The van der Waals surface area contributed by atoms with Crippen molar-refractivity contribution in [2.45, 2.75) is 62.5 Å². The van der Waals surface area contributed by atoms with Crippen molar-refractivity contribution in [3.8, 4) is 0 Å². The number of ether oxygens (including phenoxy) is 1. The maximum atomic E-state index is 12.3. The van der Waals surface area contributed by atoms with Gasteiger partial charge in [-0.3, -0.25) is 14.3 Å². The summed E-state index contributed by atoms with van der Waals surface area (Å²) in [5.41, 5.74) is -0.352. The molecule has 2 aromatic rings. The van der Waals surface area contributed by atoms with Crippen LogP contribution in [0.15, 0.2) is 49.8 Å². The van der Waals surface area contributed by atoms with E-state index in [9.17, 15) is 9.59 Å². The number of nitrogens with one attached hydrogen (secondary N) is 1. The van der Waals surface area contributed by atoms with Crippen LogP contribution in [0.25, 0.3) is 0 Å². The van der Waals surface area contributed by atoms with Crippen LogP contribution in [0.1, 0.15) is 26.3 Å². The Morgan fingerprint density at radius 2 is 1.75 bits per heavy atom. The molecule has 0 unspecified atom stereocenters. The number of aromatic nitrogens is 2. The summed E-state index contributed by atoms with van der Waals surface area (Å²) in [7, 11) is -1.82. The highest BCUT2D eigenvalue weighted by Gasteiger charge is 2.36. The van der Waals surface area contributed by atoms with Crippen LogP contribution in [0.4, 0.5) is 0 Å². The summed E-state index contributed by atoms with van der Waals surface area (Å²) in [5.74, 6) is 0. The van der Waals surface area contributed by atoms with Gasteiger partial charge in [-0.15, -0.1) is 0 Å². The summed E-state index contributed by atoms with van der Waals surface area (Å²) in [6.45, 7) is 13.6. The van der Waals surface area contributed by atoms with Crippen molar-refractivity contribution in [3.05, 3.63) is 56.7 Å². The van der Waals surface area contributed by atoms with E-state index in [-0.39, 0.29) is 17.3 Å². The van der Waals surface area contributed by atoms with Crippen LogP contribution in [-0.2, 0) is 15.9 Å². The van der Waals surface area contributed by atoms with E-state index < -0.39 is 14.0 Å². The normalized spacial score (nSPS) is 12.4. The summed E-state index contributed by atoms with van der Waals surface area (Å²) >= 11 is 1.38. The van der Waals surface area contributed by atoms with Crippen LogP contribution in [0.2, 0.25) is 18.1 Å². The molecule has 154 valence electrons. The molecular formula is C20H30N2O4SSi. The Labute approximate surface area is 171 Å². The van der Waals surface area contributed by atoms with Gasteiger partial charge in [0, 0.05) is 10.5 Å². The number of H-pyrrole nitrogens is 1. The highest BCUT2D eigenvalue weighted by atomic mass is 32.2. The van der Waals surface area contributed by atoms with Gasteiger partial charge in [-0.2, -0.15) is 0 Å². The lowest BCUT2D eigenvalue weighted by molar-refractivity contribution is 0.0436. The third-order valence-electron chi connectivity index (χ3n) is 5.05. The van der Waals surface area contributed by atoms with Crippen molar-refractivity contribution in [2.24, 2.45) is 0 Å². The monoisotopic (exact) mass is 422 g/mol. The van der Waals surface area contributed by atoms with Crippen molar-refractivity contribution < 1.29 is 9.16 Å². The highest BCUT2D eigenvalue weighted by Crippen LogP contribution is 2.36. The Kier molecular flexibility index (Phi) is 7.50. The van der Waals surface area contributed by atoms with Crippen LogP contribution < -0.4 is 11.2 Å². The Bertz CT molecular complexity index is 901. The van der Waals surface area contributed by atoms with E-state index in [1.165, 1.54) is 16.3 Å². The van der Waals surface area contributed by atoms with Crippen LogP contribution in [0, 0.1) is 6.92 Å². The Morgan fingerprint density at radius 1 is 1.11 bits per heavy atom. The first-order valence-electron chi connectivity index (χ1n) is 9.31. The highest BCUT2D eigenvalue weighted by molar-refractivity contribution is 7.99. The van der Waals surface area contributed by atoms with Gasteiger partial charge in [0.25, 0.3) is 5.56 Å². The van der Waals surface area contributed by atoms with Gasteiger partial charge in [-0.25, -0.2) is 4.79 Å². The molecule has 0 saturated carbocycles. The third-order valence-corrected chi connectivity index (χ3v) is 10.8. The molecule has 1 aromatic carbocycles. The minimum absolute atomic E-state index is 0.0620. The fourth-order valence-corrected chi connectivity index (χ4v) is 4.26. The van der Waals surface area contributed by atoms with E-state index in [1.54, 1.807) is 6.92 Å². The summed E-state index contributed by atoms with van der Waals surface area (Å²) < 4.78 is 13.3. The predicted octanol–water partition coefficient (Wildman–Crippen LogP) is 3.99. The van der Waals surface area contributed by atoms with E-state index in [1.807, 2.05) is 30.3 Å². The smallest absolute Gasteiger partial charge is 0.331 e. The lowest BCUT2D eigenvalue weighted by Gasteiger charge is -2.36. The van der Waals surface area contributed by atoms with E-state index in [2.05, 4.69) is 38.8 Å². The van der Waals surface area contributed by atoms with Gasteiger partial charge in [0.15, 0.2) is 8.32 Å². The topological polar surface area (TPSA) is 73.3 Å². The second-order valence-electron chi connectivity index (χ2n) is 8.18. The van der Waals surface area contributed by atoms with Gasteiger partial charge in [-0.1, -0.05) is 50.7 Å². The number of rotatable bonds is 8. The minimum Gasteiger partial charge on any atom is -0.414 e. The molecule has 1 N–H and O–H groups in total. The lowest BCUT2D eigenvalue weighted by Crippen LogP contribution is -2.41. The average molecular weight is 423 g/mol. The number of aromatic amines is 1. The summed E-state index contributed by atoms with van der Waals surface area (Å²) in [6, 6.07) is 9.64. The molecule has 2 rings (SSSR count). The summed E-state index contributed by atoms with van der Waals surface area (Å²) in [6.07, 6.45) is 0. The minimum atomic E-state index is -1.82. The van der Waals surface area contributed by atoms with Crippen LogP contribution in [0.3, 0.4) is 0 Å². The van der Waals surface area contributed by atoms with Gasteiger partial charge in [0.05, 0.1) is 18.2 Å². The number of hydrogen-bond donors (Lipinski definition) is 1. The number of hydrogen-bond acceptors (Lipinski definition) is 5. The first-order chi connectivity index (χ1) is 13.0. The quantitative estimate of drug-likeness (QED) is 0.395. The van der Waals surface area contributed by atoms with Gasteiger partial charge < -0.3 is 9.16 Å². The molecule has 0 spiro atoms. The zero-order valence-corrected chi connectivity index (χ0v) is 19.3. The molecule has 1 aromatic heterocycles. The van der Waals surface area contributed by atoms with E-state index in [4.69, 9.17) is 9.16 Å². The lowest BCUT2D eigenvalue weighted by atomic mass is 10.2. The SMILES string of the molecule is Cc1c(Sc2ccccc2)n(COCCO[Si](C)(C)C(C)(C)C)c(=O)[nH]c1=O. The molecule has 8 heteroatoms. The van der Waals surface area contributed by atoms with E-state index in [0.29, 0.717) is 23.8 Å². The molecule has 28 heavy (non-hydrogen) atoms. The largest absolute Gasteiger partial charge is 0.414 e. The molecule has 0 atom stereocenters. The van der Waals surface area contributed by atoms with Gasteiger partial charge in [-0.05, 0) is 37.2 Å². The second kappa shape index (κ2) is 9.26. The molecule has 0 aliphatic heterocycles. The van der Waals surface area contributed by atoms with Crippen molar-refractivity contribution in [1.29, 1.82) is 0 Å². The predicted molar refractivity (Wildman–Crippen MR) is 116 cm³/mol. The zero-order valence-electron chi connectivity index (χ0n) is 17.5. The van der Waals surface area contributed by atoms with Gasteiger partial charge >= 0.3 is 5.69 Å². The van der Waals surface area contributed by atoms with Crippen LogP contribution >= 0.6 is 11.8 Å². The van der Waals surface area contributed by atoms with Gasteiger partial charge in [0.2, 0.25) is 0 Å². The molecular weight excluding hydrogens is 392 g/mol. The summed E-state index contributed by atoms with van der Waals surface area (Å²) in [5, 5.41) is 0.727. The molecule has 0 aliphatic rings. The molecule has 0 radical (unpaired) electrons. The molecule has 0 fully saturated rings. The standard InChI is InChI=1S/C20H30N2O4SSi/c1-15-17(23)21-19(24)22(18(15)27-16-10-8-7-9-11-16)14-25-12-13-26-28(5,6)20(2,3)4/h7-11H,12-14H2,1-6H3,(H,21,23,24). The molecule has 0 aliphatic carbocycles. The molecule has 0 saturated heterocycles. The number of benzene rings is 1. The maximum absolute atomic E-state index is 12.3. The Hall–Kier alpha value is -1.61.